The Bertz CT molecular complexity index is 130. The van der Waals surface area contributed by atoms with Gasteiger partial charge in [0.15, 0.2) is 0 Å². The summed E-state index contributed by atoms with van der Waals surface area (Å²) in [4.78, 5) is 10.4. The van der Waals surface area contributed by atoms with Crippen LogP contribution >= 0.6 is 11.8 Å². The van der Waals surface area contributed by atoms with Crippen molar-refractivity contribution >= 4 is 17.7 Å². The SMILES string of the molecule is CSCCCNCC(C)C(=O)O. The van der Waals surface area contributed by atoms with Crippen molar-refractivity contribution in [1.82, 2.24) is 5.32 Å². The summed E-state index contributed by atoms with van der Waals surface area (Å²) >= 11 is 1.81. The Morgan fingerprint density at radius 2 is 2.33 bits per heavy atom. The van der Waals surface area contributed by atoms with Gasteiger partial charge in [-0.25, -0.2) is 0 Å². The maximum atomic E-state index is 10.4. The van der Waals surface area contributed by atoms with Crippen molar-refractivity contribution in [2.75, 3.05) is 25.1 Å². The highest BCUT2D eigenvalue weighted by atomic mass is 32.2. The minimum Gasteiger partial charge on any atom is -0.481 e. The molecule has 0 aliphatic carbocycles. The molecule has 0 saturated heterocycles. The van der Waals surface area contributed by atoms with Crippen LogP contribution in [0, 0.1) is 5.92 Å². The molecule has 0 aliphatic heterocycles. The molecule has 0 spiro atoms. The van der Waals surface area contributed by atoms with Gasteiger partial charge < -0.3 is 10.4 Å². The van der Waals surface area contributed by atoms with E-state index in [1.807, 2.05) is 11.8 Å². The lowest BCUT2D eigenvalue weighted by Crippen LogP contribution is -2.27. The summed E-state index contributed by atoms with van der Waals surface area (Å²) in [5, 5.41) is 11.6. The van der Waals surface area contributed by atoms with E-state index in [-0.39, 0.29) is 5.92 Å². The van der Waals surface area contributed by atoms with Crippen LogP contribution in [0.15, 0.2) is 0 Å². The number of carbonyl (C=O) groups is 1. The van der Waals surface area contributed by atoms with Gasteiger partial charge in [0.2, 0.25) is 0 Å². The van der Waals surface area contributed by atoms with Crippen molar-refractivity contribution in [3.63, 3.8) is 0 Å². The first-order valence-electron chi connectivity index (χ1n) is 4.11. The zero-order chi connectivity index (χ0) is 9.40. The molecule has 72 valence electrons. The van der Waals surface area contributed by atoms with E-state index in [0.29, 0.717) is 6.54 Å². The van der Waals surface area contributed by atoms with Crippen molar-refractivity contribution in [2.45, 2.75) is 13.3 Å². The fourth-order valence-corrected chi connectivity index (χ4v) is 1.18. The van der Waals surface area contributed by atoms with Gasteiger partial charge in [0.1, 0.15) is 0 Å². The van der Waals surface area contributed by atoms with Crippen LogP contribution in [0.3, 0.4) is 0 Å². The molecule has 1 unspecified atom stereocenters. The molecule has 4 heteroatoms. The zero-order valence-electron chi connectivity index (χ0n) is 7.67. The van der Waals surface area contributed by atoms with Crippen molar-refractivity contribution in [3.05, 3.63) is 0 Å². The zero-order valence-corrected chi connectivity index (χ0v) is 8.49. The molecular weight excluding hydrogens is 174 g/mol. The molecule has 0 amide bonds. The van der Waals surface area contributed by atoms with Gasteiger partial charge in [-0.1, -0.05) is 6.92 Å². The van der Waals surface area contributed by atoms with Crippen molar-refractivity contribution in [2.24, 2.45) is 5.92 Å². The summed E-state index contributed by atoms with van der Waals surface area (Å²) in [6.07, 6.45) is 3.17. The fraction of sp³-hybridized carbons (Fsp3) is 0.875. The largest absolute Gasteiger partial charge is 0.481 e. The van der Waals surface area contributed by atoms with Crippen LogP contribution < -0.4 is 5.32 Å². The number of hydrogen-bond donors (Lipinski definition) is 2. The van der Waals surface area contributed by atoms with E-state index < -0.39 is 5.97 Å². The Morgan fingerprint density at radius 1 is 1.67 bits per heavy atom. The van der Waals surface area contributed by atoms with Gasteiger partial charge in [-0.2, -0.15) is 11.8 Å². The number of aliphatic carboxylic acids is 1. The Labute approximate surface area is 77.9 Å². The first-order chi connectivity index (χ1) is 5.68. The highest BCUT2D eigenvalue weighted by Crippen LogP contribution is 1.95. The summed E-state index contributed by atoms with van der Waals surface area (Å²) in [6.45, 7) is 3.20. The maximum absolute atomic E-state index is 10.4. The monoisotopic (exact) mass is 191 g/mol. The summed E-state index contributed by atoms with van der Waals surface area (Å²) in [5.74, 6) is 0.126. The minimum absolute atomic E-state index is 0.278. The molecule has 0 radical (unpaired) electrons. The van der Waals surface area contributed by atoms with E-state index in [1.165, 1.54) is 0 Å². The second-order valence-corrected chi connectivity index (χ2v) is 3.78. The van der Waals surface area contributed by atoms with Crippen LogP contribution in [-0.4, -0.2) is 36.2 Å². The van der Waals surface area contributed by atoms with Gasteiger partial charge in [-0.15, -0.1) is 0 Å². The number of carboxylic acid groups (broad SMARTS) is 1. The molecule has 0 saturated carbocycles. The molecule has 0 fully saturated rings. The summed E-state index contributed by atoms with van der Waals surface area (Å²) < 4.78 is 0. The lowest BCUT2D eigenvalue weighted by atomic mass is 10.2. The second kappa shape index (κ2) is 7.43. The van der Waals surface area contributed by atoms with Gasteiger partial charge in [0.25, 0.3) is 0 Å². The number of rotatable bonds is 7. The first-order valence-corrected chi connectivity index (χ1v) is 5.50. The van der Waals surface area contributed by atoms with Crippen LogP contribution in [0.1, 0.15) is 13.3 Å². The molecule has 0 aromatic heterocycles. The van der Waals surface area contributed by atoms with Crippen LogP contribution in [0.4, 0.5) is 0 Å². The van der Waals surface area contributed by atoms with Crippen molar-refractivity contribution in [3.8, 4) is 0 Å². The Morgan fingerprint density at radius 3 is 2.83 bits per heavy atom. The molecule has 3 nitrogen and oxygen atoms in total. The second-order valence-electron chi connectivity index (χ2n) is 2.79. The van der Waals surface area contributed by atoms with Crippen LogP contribution in [-0.2, 0) is 4.79 Å². The number of thioether (sulfide) groups is 1. The van der Waals surface area contributed by atoms with Crippen LogP contribution in [0.25, 0.3) is 0 Å². The average Bonchev–Trinajstić information content (AvgIpc) is 2.03. The Kier molecular flexibility index (Phi) is 7.29. The molecular formula is C8H17NO2S. The Balaban J connectivity index is 3.14. The molecule has 0 heterocycles. The van der Waals surface area contributed by atoms with E-state index in [4.69, 9.17) is 5.11 Å². The number of nitrogens with one attached hydrogen (secondary N) is 1. The van der Waals surface area contributed by atoms with Gasteiger partial charge >= 0.3 is 5.97 Å². The Hall–Kier alpha value is -0.220. The topological polar surface area (TPSA) is 49.3 Å². The third-order valence-corrected chi connectivity index (χ3v) is 2.27. The van der Waals surface area contributed by atoms with Gasteiger partial charge in [-0.05, 0) is 25.0 Å². The average molecular weight is 191 g/mol. The minimum atomic E-state index is -0.729. The van der Waals surface area contributed by atoms with Gasteiger partial charge in [0, 0.05) is 6.54 Å². The van der Waals surface area contributed by atoms with E-state index in [9.17, 15) is 4.79 Å². The van der Waals surface area contributed by atoms with E-state index >= 15 is 0 Å². The highest BCUT2D eigenvalue weighted by Gasteiger charge is 2.08. The first kappa shape index (κ1) is 11.8. The molecule has 0 aromatic rings. The molecule has 2 N–H and O–H groups in total. The third kappa shape index (κ3) is 6.49. The van der Waals surface area contributed by atoms with E-state index in [1.54, 1.807) is 6.92 Å². The molecule has 0 aromatic carbocycles. The lowest BCUT2D eigenvalue weighted by molar-refractivity contribution is -0.140. The number of hydrogen-bond acceptors (Lipinski definition) is 3. The molecule has 0 bridgehead atoms. The van der Waals surface area contributed by atoms with Crippen molar-refractivity contribution in [1.29, 1.82) is 0 Å². The molecule has 0 rings (SSSR count). The quantitative estimate of drug-likeness (QED) is 0.591. The molecule has 0 aliphatic rings. The standard InChI is InChI=1S/C8H17NO2S/c1-7(8(10)11)6-9-4-3-5-12-2/h7,9H,3-6H2,1-2H3,(H,10,11). The normalized spacial score (nSPS) is 12.8. The summed E-state index contributed by atoms with van der Waals surface area (Å²) in [6, 6.07) is 0. The summed E-state index contributed by atoms with van der Waals surface area (Å²) in [5.41, 5.74) is 0. The van der Waals surface area contributed by atoms with E-state index in [2.05, 4.69) is 11.6 Å². The van der Waals surface area contributed by atoms with E-state index in [0.717, 1.165) is 18.7 Å². The van der Waals surface area contributed by atoms with Gasteiger partial charge in [-0.3, -0.25) is 4.79 Å². The van der Waals surface area contributed by atoms with Crippen LogP contribution in [0.2, 0.25) is 0 Å². The maximum Gasteiger partial charge on any atom is 0.307 e. The van der Waals surface area contributed by atoms with Gasteiger partial charge in [0.05, 0.1) is 5.92 Å². The van der Waals surface area contributed by atoms with Crippen molar-refractivity contribution < 1.29 is 9.90 Å². The lowest BCUT2D eigenvalue weighted by Gasteiger charge is -2.06. The smallest absolute Gasteiger partial charge is 0.307 e. The predicted molar refractivity (Wildman–Crippen MR) is 52.7 cm³/mol. The fourth-order valence-electron chi connectivity index (χ4n) is 0.747. The van der Waals surface area contributed by atoms with Crippen LogP contribution in [0.5, 0.6) is 0 Å². The highest BCUT2D eigenvalue weighted by molar-refractivity contribution is 7.98. The number of carboxylic acids is 1. The summed E-state index contributed by atoms with van der Waals surface area (Å²) in [7, 11) is 0. The third-order valence-electron chi connectivity index (χ3n) is 1.57. The molecule has 12 heavy (non-hydrogen) atoms. The molecule has 1 atom stereocenters. The predicted octanol–water partition coefficient (Wildman–Crippen LogP) is 1.05.